The summed E-state index contributed by atoms with van der Waals surface area (Å²) in [6.07, 6.45) is 3.63. The van der Waals surface area contributed by atoms with Crippen molar-refractivity contribution in [3.8, 4) is 0 Å². The van der Waals surface area contributed by atoms with Crippen LogP contribution in [-0.2, 0) is 12.8 Å². The van der Waals surface area contributed by atoms with Crippen LogP contribution in [-0.4, -0.2) is 17.6 Å². The van der Waals surface area contributed by atoms with E-state index < -0.39 is 0 Å². The van der Waals surface area contributed by atoms with Gasteiger partial charge < -0.3 is 10.6 Å². The summed E-state index contributed by atoms with van der Waals surface area (Å²) in [5.74, 6) is 0.708. The highest BCUT2D eigenvalue weighted by Gasteiger charge is 2.23. The van der Waals surface area contributed by atoms with E-state index in [2.05, 4.69) is 16.0 Å². The van der Waals surface area contributed by atoms with Crippen LogP contribution >= 0.6 is 0 Å². The Balaban J connectivity index is 1.94. The lowest BCUT2D eigenvalue weighted by molar-refractivity contribution is 0.628. The maximum atomic E-state index is 13.5. The molecule has 0 spiro atoms. The number of fused-ring (bicyclic) bond motifs is 1. The number of hydrogen-bond acceptors (Lipinski definition) is 3. The second-order valence-electron chi connectivity index (χ2n) is 5.84. The number of nitrogens with two attached hydrogens (primary N) is 1. The molecule has 4 heteroatoms. The first-order valence-electron chi connectivity index (χ1n) is 7.31. The van der Waals surface area contributed by atoms with Crippen molar-refractivity contribution in [1.29, 1.82) is 0 Å². The third kappa shape index (κ3) is 2.76. The summed E-state index contributed by atoms with van der Waals surface area (Å²) in [6, 6.07) is 7.24. The molecule has 0 saturated heterocycles. The highest BCUT2D eigenvalue weighted by atomic mass is 19.1. The number of benzene rings is 1. The van der Waals surface area contributed by atoms with Crippen LogP contribution in [0.1, 0.15) is 23.6 Å². The molecule has 1 atom stereocenters. The highest BCUT2D eigenvalue weighted by molar-refractivity contribution is 5.69. The van der Waals surface area contributed by atoms with E-state index in [0.717, 1.165) is 42.0 Å². The molecule has 1 aromatic carbocycles. The van der Waals surface area contributed by atoms with Crippen molar-refractivity contribution >= 4 is 11.5 Å². The predicted molar refractivity (Wildman–Crippen MR) is 83.4 cm³/mol. The summed E-state index contributed by atoms with van der Waals surface area (Å²) >= 11 is 0. The fourth-order valence-electron chi connectivity index (χ4n) is 2.96. The van der Waals surface area contributed by atoms with Crippen LogP contribution < -0.4 is 10.6 Å². The molecule has 0 bridgehead atoms. The van der Waals surface area contributed by atoms with Crippen LogP contribution in [0, 0.1) is 12.7 Å². The summed E-state index contributed by atoms with van der Waals surface area (Å²) in [4.78, 5) is 6.69. The number of aryl methyl sites for hydroxylation is 1. The van der Waals surface area contributed by atoms with Gasteiger partial charge in [-0.1, -0.05) is 12.1 Å². The second kappa shape index (κ2) is 5.45. The molecular weight excluding hydrogens is 265 g/mol. The van der Waals surface area contributed by atoms with Gasteiger partial charge in [-0.05, 0) is 55.5 Å². The number of aromatic nitrogens is 1. The SMILES string of the molecule is Cc1cc(CC(C)N)cnc1N1CCc2ccc(F)cc21. The third-order valence-corrected chi connectivity index (χ3v) is 3.86. The van der Waals surface area contributed by atoms with Crippen molar-refractivity contribution in [2.24, 2.45) is 5.73 Å². The fraction of sp³-hybridized carbons (Fsp3) is 0.353. The lowest BCUT2D eigenvalue weighted by Crippen LogP contribution is -2.19. The zero-order valence-corrected chi connectivity index (χ0v) is 12.4. The molecule has 0 radical (unpaired) electrons. The number of hydrogen-bond donors (Lipinski definition) is 1. The molecule has 1 unspecified atom stereocenters. The Morgan fingerprint density at radius 3 is 2.90 bits per heavy atom. The van der Waals surface area contributed by atoms with Crippen LogP contribution in [0.15, 0.2) is 30.5 Å². The van der Waals surface area contributed by atoms with Gasteiger partial charge in [-0.25, -0.2) is 9.37 Å². The summed E-state index contributed by atoms with van der Waals surface area (Å²) in [5.41, 5.74) is 10.2. The first-order chi connectivity index (χ1) is 10.0. The molecule has 2 N–H and O–H groups in total. The first-order valence-corrected chi connectivity index (χ1v) is 7.31. The molecule has 0 aliphatic carbocycles. The van der Waals surface area contributed by atoms with E-state index in [1.165, 1.54) is 11.6 Å². The minimum absolute atomic E-state index is 0.124. The summed E-state index contributed by atoms with van der Waals surface area (Å²) in [6.45, 7) is 4.88. The van der Waals surface area contributed by atoms with Gasteiger partial charge >= 0.3 is 0 Å². The van der Waals surface area contributed by atoms with Gasteiger partial charge in [0.15, 0.2) is 0 Å². The summed E-state index contributed by atoms with van der Waals surface area (Å²) < 4.78 is 13.5. The van der Waals surface area contributed by atoms with Gasteiger partial charge in [-0.15, -0.1) is 0 Å². The van der Waals surface area contributed by atoms with E-state index in [0.29, 0.717) is 0 Å². The maximum absolute atomic E-state index is 13.5. The molecule has 2 aromatic rings. The Labute approximate surface area is 124 Å². The number of rotatable bonds is 3. The van der Waals surface area contributed by atoms with Gasteiger partial charge in [-0.2, -0.15) is 0 Å². The van der Waals surface area contributed by atoms with E-state index in [4.69, 9.17) is 5.73 Å². The molecular formula is C17H20FN3. The zero-order chi connectivity index (χ0) is 15.0. The molecule has 0 amide bonds. The largest absolute Gasteiger partial charge is 0.328 e. The molecule has 3 rings (SSSR count). The van der Waals surface area contributed by atoms with Gasteiger partial charge in [0.05, 0.1) is 0 Å². The van der Waals surface area contributed by atoms with E-state index in [-0.39, 0.29) is 11.9 Å². The second-order valence-corrected chi connectivity index (χ2v) is 5.84. The number of pyridine rings is 1. The van der Waals surface area contributed by atoms with Gasteiger partial charge in [0.1, 0.15) is 11.6 Å². The summed E-state index contributed by atoms with van der Waals surface area (Å²) in [7, 11) is 0. The molecule has 110 valence electrons. The monoisotopic (exact) mass is 285 g/mol. The van der Waals surface area contributed by atoms with Crippen LogP contribution in [0.25, 0.3) is 0 Å². The van der Waals surface area contributed by atoms with Crippen molar-refractivity contribution in [2.75, 3.05) is 11.4 Å². The van der Waals surface area contributed by atoms with Crippen molar-refractivity contribution in [1.82, 2.24) is 4.98 Å². The first kappa shape index (κ1) is 14.0. The lowest BCUT2D eigenvalue weighted by Gasteiger charge is -2.21. The van der Waals surface area contributed by atoms with Crippen LogP contribution in [0.5, 0.6) is 0 Å². The third-order valence-electron chi connectivity index (χ3n) is 3.86. The Morgan fingerprint density at radius 2 is 2.19 bits per heavy atom. The standard InChI is InChI=1S/C17H20FN3/c1-11-7-13(8-12(2)19)10-20-17(11)21-6-5-14-3-4-15(18)9-16(14)21/h3-4,7,9-10,12H,5-6,8,19H2,1-2H3. The predicted octanol–water partition coefficient (Wildman–Crippen LogP) is 3.11. The Kier molecular flexibility index (Phi) is 3.64. The van der Waals surface area contributed by atoms with Gasteiger partial charge in [0.2, 0.25) is 0 Å². The zero-order valence-electron chi connectivity index (χ0n) is 12.4. The Morgan fingerprint density at radius 1 is 1.38 bits per heavy atom. The van der Waals surface area contributed by atoms with E-state index in [1.807, 2.05) is 26.1 Å². The average Bonchev–Trinajstić information content (AvgIpc) is 2.81. The van der Waals surface area contributed by atoms with E-state index in [1.54, 1.807) is 6.07 Å². The van der Waals surface area contributed by atoms with Crippen molar-refractivity contribution in [2.45, 2.75) is 32.7 Å². The quantitative estimate of drug-likeness (QED) is 0.942. The average molecular weight is 285 g/mol. The topological polar surface area (TPSA) is 42.1 Å². The molecule has 1 aromatic heterocycles. The highest BCUT2D eigenvalue weighted by Crippen LogP contribution is 2.35. The molecule has 0 saturated carbocycles. The lowest BCUT2D eigenvalue weighted by atomic mass is 10.1. The number of anilines is 2. The van der Waals surface area contributed by atoms with Crippen molar-refractivity contribution in [3.05, 3.63) is 53.0 Å². The number of halogens is 1. The molecule has 3 nitrogen and oxygen atoms in total. The van der Waals surface area contributed by atoms with Crippen molar-refractivity contribution < 1.29 is 4.39 Å². The van der Waals surface area contributed by atoms with Crippen LogP contribution in [0.2, 0.25) is 0 Å². The molecule has 1 aliphatic rings. The Hall–Kier alpha value is -1.94. The Bertz CT molecular complexity index is 667. The molecule has 2 heterocycles. The minimum Gasteiger partial charge on any atom is -0.328 e. The molecule has 0 fully saturated rings. The maximum Gasteiger partial charge on any atom is 0.135 e. The van der Waals surface area contributed by atoms with Crippen LogP contribution in [0.3, 0.4) is 0 Å². The molecule has 1 aliphatic heterocycles. The normalized spacial score (nSPS) is 15.1. The van der Waals surface area contributed by atoms with E-state index >= 15 is 0 Å². The van der Waals surface area contributed by atoms with Gasteiger partial charge in [0, 0.05) is 24.5 Å². The van der Waals surface area contributed by atoms with Gasteiger partial charge in [-0.3, -0.25) is 0 Å². The minimum atomic E-state index is -0.202. The van der Waals surface area contributed by atoms with Gasteiger partial charge in [0.25, 0.3) is 0 Å². The van der Waals surface area contributed by atoms with E-state index in [9.17, 15) is 4.39 Å². The summed E-state index contributed by atoms with van der Waals surface area (Å²) in [5, 5.41) is 0. The smallest absolute Gasteiger partial charge is 0.135 e. The van der Waals surface area contributed by atoms with Crippen LogP contribution in [0.4, 0.5) is 15.9 Å². The number of nitrogens with zero attached hydrogens (tertiary/aromatic N) is 2. The van der Waals surface area contributed by atoms with Crippen molar-refractivity contribution in [3.63, 3.8) is 0 Å². The fourth-order valence-corrected chi connectivity index (χ4v) is 2.96. The molecule has 21 heavy (non-hydrogen) atoms.